The van der Waals surface area contributed by atoms with Gasteiger partial charge >= 0.3 is 24.6 Å². The Morgan fingerprint density at radius 2 is 1.25 bits per heavy atom. The van der Waals surface area contributed by atoms with Gasteiger partial charge in [0.1, 0.15) is 0 Å². The summed E-state index contributed by atoms with van der Waals surface area (Å²) >= 11 is -2.00. The second-order valence-corrected chi connectivity index (χ2v) is 0.455. The molecule has 0 amide bonds. The fourth-order valence-electron chi connectivity index (χ4n) is 0. The quantitative estimate of drug-likeness (QED) is 0.543. The minimum atomic E-state index is -2.00. The molecule has 0 aliphatic rings. The summed E-state index contributed by atoms with van der Waals surface area (Å²) in [5.74, 6) is 0. The van der Waals surface area contributed by atoms with Gasteiger partial charge in [0.15, 0.2) is 0 Å². The molecule has 0 radical (unpaired) electrons. The molecule has 0 aromatic heterocycles. The van der Waals surface area contributed by atoms with Crippen LogP contribution in [0.15, 0.2) is 0 Å². The Bertz CT molecular complexity index is 27.0. The SMILES string of the molecule is [O]=[Ir]=[O].[Pt]. The maximum atomic E-state index is 8.50. The normalized spacial score (nSPS) is 4.00. The second kappa shape index (κ2) is 9.05. The first-order valence-corrected chi connectivity index (χ1v) is 2.23. The maximum absolute atomic E-state index is 8.50. The molecular formula is IrO2Pt. The van der Waals surface area contributed by atoms with Crippen LogP contribution in [-0.2, 0) is 45.7 Å². The summed E-state index contributed by atoms with van der Waals surface area (Å²) in [5, 5.41) is 0. The van der Waals surface area contributed by atoms with Gasteiger partial charge in [-0.05, 0) is 0 Å². The van der Waals surface area contributed by atoms with Gasteiger partial charge in [-0.3, -0.25) is 0 Å². The maximum Gasteiger partial charge on any atom is 0 e. The van der Waals surface area contributed by atoms with Gasteiger partial charge in [0.25, 0.3) is 0 Å². The van der Waals surface area contributed by atoms with Crippen LogP contribution in [0.2, 0.25) is 0 Å². The van der Waals surface area contributed by atoms with Crippen molar-refractivity contribution in [1.82, 2.24) is 0 Å². The van der Waals surface area contributed by atoms with Gasteiger partial charge in [0.2, 0.25) is 0 Å². The molecule has 0 unspecified atom stereocenters. The predicted octanol–water partition coefficient (Wildman–Crippen LogP) is -0.243. The molecule has 0 heterocycles. The van der Waals surface area contributed by atoms with Crippen LogP contribution < -0.4 is 0 Å². The van der Waals surface area contributed by atoms with E-state index < -0.39 is 17.6 Å². The first-order valence-electron chi connectivity index (χ1n) is 0.272. The van der Waals surface area contributed by atoms with E-state index in [2.05, 4.69) is 0 Å². The first kappa shape index (κ1) is 8.87. The summed E-state index contributed by atoms with van der Waals surface area (Å²) in [6.07, 6.45) is 0. The van der Waals surface area contributed by atoms with E-state index >= 15 is 0 Å². The molecule has 0 saturated heterocycles. The molecule has 0 spiro atoms. The molecule has 0 aliphatic heterocycles. The van der Waals surface area contributed by atoms with Gasteiger partial charge in [-0.2, -0.15) is 0 Å². The molecule has 0 saturated carbocycles. The van der Waals surface area contributed by atoms with Crippen LogP contribution in [0.3, 0.4) is 0 Å². The fraction of sp³-hybridized carbons (Fsp3) is 0. The van der Waals surface area contributed by atoms with E-state index in [1.54, 1.807) is 0 Å². The van der Waals surface area contributed by atoms with Crippen molar-refractivity contribution in [2.45, 2.75) is 0 Å². The predicted molar refractivity (Wildman–Crippen MR) is 1.37 cm³/mol. The summed E-state index contributed by atoms with van der Waals surface area (Å²) < 4.78 is 17.0. The van der Waals surface area contributed by atoms with Crippen LogP contribution in [0.25, 0.3) is 0 Å². The fourth-order valence-corrected chi connectivity index (χ4v) is 0. The Morgan fingerprint density at radius 3 is 1.25 bits per heavy atom. The zero-order valence-corrected chi connectivity index (χ0v) is 6.13. The third-order valence-electron chi connectivity index (χ3n) is 0. The first-order chi connectivity index (χ1) is 1.41. The Labute approximate surface area is 45.8 Å². The molecule has 0 bridgehead atoms. The zero-order chi connectivity index (χ0) is 2.71. The molecule has 0 atom stereocenters. The smallest absolute Gasteiger partial charge is 0 e. The van der Waals surface area contributed by atoms with Gasteiger partial charge in [0, 0.05) is 21.1 Å². The van der Waals surface area contributed by atoms with Gasteiger partial charge < -0.3 is 0 Å². The van der Waals surface area contributed by atoms with Gasteiger partial charge in [-0.1, -0.05) is 0 Å². The van der Waals surface area contributed by atoms with E-state index in [0.717, 1.165) is 0 Å². The molecule has 0 aromatic carbocycles. The van der Waals surface area contributed by atoms with Crippen molar-refractivity contribution in [3.8, 4) is 0 Å². The molecular weight excluding hydrogens is 419 g/mol. The summed E-state index contributed by atoms with van der Waals surface area (Å²) in [6, 6.07) is 0. The van der Waals surface area contributed by atoms with Gasteiger partial charge in [0.05, 0.1) is 0 Å². The third-order valence-corrected chi connectivity index (χ3v) is 0. The van der Waals surface area contributed by atoms with E-state index in [1.165, 1.54) is 0 Å². The summed E-state index contributed by atoms with van der Waals surface area (Å²) in [6.45, 7) is 0. The van der Waals surface area contributed by atoms with Crippen LogP contribution in [0.4, 0.5) is 0 Å². The average molecular weight is 419 g/mol. The molecule has 31 valence electrons. The zero-order valence-electron chi connectivity index (χ0n) is 1.47. The summed E-state index contributed by atoms with van der Waals surface area (Å²) in [5.41, 5.74) is 0. The minimum Gasteiger partial charge on any atom is 0 e. The average Bonchev–Trinajstić information content (AvgIpc) is 0.918. The molecule has 0 aromatic rings. The van der Waals surface area contributed by atoms with Crippen molar-refractivity contribution in [2.24, 2.45) is 0 Å². The van der Waals surface area contributed by atoms with Crippen molar-refractivity contribution in [3.63, 3.8) is 0 Å². The standard InChI is InChI=1S/Ir.2O.Pt. The van der Waals surface area contributed by atoms with Crippen molar-refractivity contribution >= 4 is 0 Å². The molecule has 2 nitrogen and oxygen atoms in total. The Morgan fingerprint density at radius 1 is 1.25 bits per heavy atom. The van der Waals surface area contributed by atoms with E-state index in [9.17, 15) is 0 Å². The van der Waals surface area contributed by atoms with Gasteiger partial charge in [-0.25, -0.2) is 0 Å². The summed E-state index contributed by atoms with van der Waals surface area (Å²) in [4.78, 5) is 0. The second-order valence-electron chi connectivity index (χ2n) is 0.0556. The van der Waals surface area contributed by atoms with E-state index in [1.807, 2.05) is 0 Å². The topological polar surface area (TPSA) is 34.1 Å². The Kier molecular flexibility index (Phi) is 20.1. The number of rotatable bonds is 0. The molecule has 0 rings (SSSR count). The monoisotopic (exact) mass is 420 g/mol. The van der Waals surface area contributed by atoms with E-state index in [-0.39, 0.29) is 21.1 Å². The Balaban J connectivity index is 0. The van der Waals surface area contributed by atoms with Crippen molar-refractivity contribution in [1.29, 1.82) is 0 Å². The summed E-state index contributed by atoms with van der Waals surface area (Å²) in [7, 11) is 0. The van der Waals surface area contributed by atoms with Crippen LogP contribution in [0, 0.1) is 0 Å². The largest absolute Gasteiger partial charge is 0 e. The number of hydrogen-bond donors (Lipinski definition) is 0. The molecule has 0 fully saturated rings. The Hall–Kier alpha value is 0.938. The minimum absolute atomic E-state index is 0. The van der Waals surface area contributed by atoms with Crippen LogP contribution in [0.5, 0.6) is 0 Å². The van der Waals surface area contributed by atoms with Crippen LogP contribution >= 0.6 is 0 Å². The molecule has 4 heavy (non-hydrogen) atoms. The number of hydrogen-bond acceptors (Lipinski definition) is 2. The van der Waals surface area contributed by atoms with Crippen molar-refractivity contribution in [2.75, 3.05) is 0 Å². The van der Waals surface area contributed by atoms with Crippen molar-refractivity contribution in [3.05, 3.63) is 0 Å². The molecule has 0 aliphatic carbocycles. The molecule has 0 N–H and O–H groups in total. The van der Waals surface area contributed by atoms with Gasteiger partial charge in [-0.15, -0.1) is 0 Å². The van der Waals surface area contributed by atoms with Crippen molar-refractivity contribution < 1.29 is 45.7 Å². The molecule has 4 heteroatoms. The van der Waals surface area contributed by atoms with E-state index in [0.29, 0.717) is 0 Å². The third kappa shape index (κ3) is 12.5. The van der Waals surface area contributed by atoms with Crippen LogP contribution in [0.1, 0.15) is 0 Å². The van der Waals surface area contributed by atoms with Crippen LogP contribution in [-0.4, -0.2) is 0 Å². The van der Waals surface area contributed by atoms with E-state index in [4.69, 9.17) is 7.01 Å².